The van der Waals surface area contributed by atoms with Crippen molar-refractivity contribution in [1.82, 2.24) is 5.32 Å². The van der Waals surface area contributed by atoms with Gasteiger partial charge in [0.2, 0.25) is 0 Å². The number of nitrogens with one attached hydrogen (secondary N) is 1. The maximum atomic E-state index is 12.1. The molecule has 1 N–H and O–H groups in total. The highest BCUT2D eigenvalue weighted by molar-refractivity contribution is 6.07. The van der Waals surface area contributed by atoms with Crippen molar-refractivity contribution < 1.29 is 23.9 Å². The second kappa shape index (κ2) is 8.10. The summed E-state index contributed by atoms with van der Waals surface area (Å²) >= 11 is 0. The summed E-state index contributed by atoms with van der Waals surface area (Å²) in [4.78, 5) is 36.0. The monoisotopic (exact) mass is 341 g/mol. The second-order valence-electron chi connectivity index (χ2n) is 5.40. The lowest BCUT2D eigenvalue weighted by Crippen LogP contribution is -2.34. The highest BCUT2D eigenvalue weighted by atomic mass is 16.5. The summed E-state index contributed by atoms with van der Waals surface area (Å²) in [6.45, 7) is 3.13. The Kier molecular flexibility index (Phi) is 5.89. The highest BCUT2D eigenvalue weighted by Crippen LogP contribution is 2.17. The van der Waals surface area contributed by atoms with Gasteiger partial charge in [-0.1, -0.05) is 24.3 Å². The van der Waals surface area contributed by atoms with Crippen LogP contribution in [0.2, 0.25) is 0 Å². The molecule has 0 saturated carbocycles. The van der Waals surface area contributed by atoms with Gasteiger partial charge in [-0.05, 0) is 43.2 Å². The van der Waals surface area contributed by atoms with E-state index in [1.54, 1.807) is 37.3 Å². The molecule has 0 saturated heterocycles. The average molecular weight is 341 g/mol. The lowest BCUT2D eigenvalue weighted by Gasteiger charge is -2.10. The number of imide groups is 1. The molecule has 0 heterocycles. The highest BCUT2D eigenvalue weighted by Gasteiger charge is 2.17. The molecular formula is C19H19NO5. The van der Waals surface area contributed by atoms with Gasteiger partial charge in [-0.3, -0.25) is 14.9 Å². The summed E-state index contributed by atoms with van der Waals surface area (Å²) in [6.07, 6.45) is 0. The number of ether oxygens (including phenoxy) is 2. The van der Waals surface area contributed by atoms with E-state index in [1.807, 2.05) is 13.0 Å². The van der Waals surface area contributed by atoms with E-state index in [1.165, 1.54) is 13.2 Å². The van der Waals surface area contributed by atoms with Gasteiger partial charge in [0.1, 0.15) is 5.75 Å². The zero-order valence-electron chi connectivity index (χ0n) is 14.3. The largest absolute Gasteiger partial charge is 0.496 e. The summed E-state index contributed by atoms with van der Waals surface area (Å²) < 4.78 is 10.1. The van der Waals surface area contributed by atoms with E-state index in [0.717, 1.165) is 11.1 Å². The number of carbonyl (C=O) groups excluding carboxylic acids is 3. The molecule has 0 aliphatic heterocycles. The molecule has 2 amide bonds. The van der Waals surface area contributed by atoms with Crippen molar-refractivity contribution in [3.8, 4) is 5.75 Å². The number of rotatable bonds is 5. The van der Waals surface area contributed by atoms with Gasteiger partial charge in [-0.15, -0.1) is 0 Å². The lowest BCUT2D eigenvalue weighted by atomic mass is 10.0. The first kappa shape index (κ1) is 18.2. The van der Waals surface area contributed by atoms with Crippen molar-refractivity contribution in [2.45, 2.75) is 13.8 Å². The number of hydrogen-bond donors (Lipinski definition) is 1. The first-order chi connectivity index (χ1) is 11.9. The molecule has 25 heavy (non-hydrogen) atoms. The number of esters is 1. The quantitative estimate of drug-likeness (QED) is 0.845. The molecule has 6 heteroatoms. The first-order valence-electron chi connectivity index (χ1n) is 7.64. The van der Waals surface area contributed by atoms with E-state index < -0.39 is 24.4 Å². The van der Waals surface area contributed by atoms with Crippen LogP contribution in [0, 0.1) is 13.8 Å². The van der Waals surface area contributed by atoms with Crippen LogP contribution in [0.3, 0.4) is 0 Å². The minimum atomic E-state index is -0.713. The predicted octanol–water partition coefficient (Wildman–Crippen LogP) is 2.43. The molecule has 0 aliphatic rings. The number of amides is 2. The number of hydrogen-bond acceptors (Lipinski definition) is 5. The number of methoxy groups -OCH3 is 1. The summed E-state index contributed by atoms with van der Waals surface area (Å²) in [7, 11) is 1.43. The Morgan fingerprint density at radius 3 is 2.36 bits per heavy atom. The fourth-order valence-electron chi connectivity index (χ4n) is 2.24. The van der Waals surface area contributed by atoms with Gasteiger partial charge in [0.15, 0.2) is 6.61 Å². The van der Waals surface area contributed by atoms with Gasteiger partial charge in [0.25, 0.3) is 11.8 Å². The predicted molar refractivity (Wildman–Crippen MR) is 91.7 cm³/mol. The lowest BCUT2D eigenvalue weighted by molar-refractivity contribution is -0.123. The van der Waals surface area contributed by atoms with E-state index in [2.05, 4.69) is 5.32 Å². The maximum absolute atomic E-state index is 12.1. The van der Waals surface area contributed by atoms with Crippen LogP contribution in [0.1, 0.15) is 31.8 Å². The van der Waals surface area contributed by atoms with Crippen LogP contribution in [0.4, 0.5) is 0 Å². The summed E-state index contributed by atoms with van der Waals surface area (Å²) in [5.74, 6) is -1.60. The van der Waals surface area contributed by atoms with Crippen LogP contribution in [-0.2, 0) is 9.53 Å². The van der Waals surface area contributed by atoms with Gasteiger partial charge in [-0.2, -0.15) is 0 Å². The Morgan fingerprint density at radius 2 is 1.64 bits per heavy atom. The smallest absolute Gasteiger partial charge is 0.338 e. The van der Waals surface area contributed by atoms with Crippen LogP contribution in [0.25, 0.3) is 0 Å². The minimum absolute atomic E-state index is 0.221. The van der Waals surface area contributed by atoms with Gasteiger partial charge >= 0.3 is 5.97 Å². The van der Waals surface area contributed by atoms with Crippen LogP contribution in [0.15, 0.2) is 42.5 Å². The third-order valence-corrected chi connectivity index (χ3v) is 3.76. The van der Waals surface area contributed by atoms with Crippen LogP contribution >= 0.6 is 0 Å². The van der Waals surface area contributed by atoms with Crippen molar-refractivity contribution in [3.05, 3.63) is 64.7 Å². The van der Waals surface area contributed by atoms with Crippen molar-refractivity contribution in [2.24, 2.45) is 0 Å². The Balaban J connectivity index is 1.95. The first-order valence-corrected chi connectivity index (χ1v) is 7.64. The van der Waals surface area contributed by atoms with Gasteiger partial charge in [0.05, 0.1) is 18.2 Å². The molecule has 0 spiro atoms. The molecule has 0 radical (unpaired) electrons. The normalized spacial score (nSPS) is 10.0. The molecule has 2 rings (SSSR count). The fraction of sp³-hybridized carbons (Fsp3) is 0.211. The Bertz CT molecular complexity index is 813. The van der Waals surface area contributed by atoms with E-state index in [9.17, 15) is 14.4 Å². The molecule has 0 aromatic heterocycles. The number of carbonyl (C=O) groups is 3. The Labute approximate surface area is 145 Å². The van der Waals surface area contributed by atoms with Gasteiger partial charge in [0, 0.05) is 0 Å². The van der Waals surface area contributed by atoms with Crippen molar-refractivity contribution in [1.29, 1.82) is 0 Å². The summed E-state index contributed by atoms with van der Waals surface area (Å²) in [5.41, 5.74) is 2.35. The summed E-state index contributed by atoms with van der Waals surface area (Å²) in [6, 6.07) is 11.8. The zero-order chi connectivity index (χ0) is 18.4. The van der Waals surface area contributed by atoms with E-state index in [-0.39, 0.29) is 5.56 Å². The van der Waals surface area contributed by atoms with Gasteiger partial charge in [-0.25, -0.2) is 4.79 Å². The van der Waals surface area contributed by atoms with Crippen LogP contribution in [-0.4, -0.2) is 31.5 Å². The molecule has 0 unspecified atom stereocenters. The van der Waals surface area contributed by atoms with E-state index >= 15 is 0 Å². The Hall–Kier alpha value is -3.15. The van der Waals surface area contributed by atoms with Crippen LogP contribution < -0.4 is 10.1 Å². The molecule has 6 nitrogen and oxygen atoms in total. The summed E-state index contributed by atoms with van der Waals surface area (Å²) in [5, 5.41) is 2.17. The van der Waals surface area contributed by atoms with Gasteiger partial charge < -0.3 is 9.47 Å². The number of para-hydroxylation sites is 1. The van der Waals surface area contributed by atoms with Crippen LogP contribution in [0.5, 0.6) is 5.75 Å². The second-order valence-corrected chi connectivity index (χ2v) is 5.40. The molecule has 0 aliphatic carbocycles. The molecular weight excluding hydrogens is 322 g/mol. The average Bonchev–Trinajstić information content (AvgIpc) is 2.61. The SMILES string of the molecule is COc1ccccc1C(=O)NC(=O)COC(=O)c1cccc(C)c1C. The zero-order valence-corrected chi connectivity index (χ0v) is 14.3. The molecule has 0 atom stereocenters. The fourth-order valence-corrected chi connectivity index (χ4v) is 2.24. The molecule has 0 bridgehead atoms. The van der Waals surface area contributed by atoms with Crippen molar-refractivity contribution in [2.75, 3.05) is 13.7 Å². The third kappa shape index (κ3) is 4.44. The van der Waals surface area contributed by atoms with E-state index in [4.69, 9.17) is 9.47 Å². The van der Waals surface area contributed by atoms with Crippen molar-refractivity contribution >= 4 is 17.8 Å². The maximum Gasteiger partial charge on any atom is 0.338 e. The third-order valence-electron chi connectivity index (χ3n) is 3.76. The number of aryl methyl sites for hydroxylation is 1. The molecule has 130 valence electrons. The minimum Gasteiger partial charge on any atom is -0.496 e. The standard InChI is InChI=1S/C19H19NO5/c1-12-7-6-9-14(13(12)2)19(23)25-11-17(21)20-18(22)15-8-4-5-10-16(15)24-3/h4-10H,11H2,1-3H3,(H,20,21,22). The molecule has 0 fully saturated rings. The van der Waals surface area contributed by atoms with Crippen molar-refractivity contribution in [3.63, 3.8) is 0 Å². The molecule has 2 aromatic carbocycles. The number of benzene rings is 2. The Morgan fingerprint density at radius 1 is 0.960 bits per heavy atom. The topological polar surface area (TPSA) is 81.7 Å². The molecule has 2 aromatic rings. The van der Waals surface area contributed by atoms with E-state index in [0.29, 0.717) is 11.3 Å².